The van der Waals surface area contributed by atoms with E-state index in [1.165, 1.54) is 0 Å². The highest BCUT2D eigenvalue weighted by molar-refractivity contribution is 5.97. The Hall–Kier alpha value is -3.22. The third-order valence-corrected chi connectivity index (χ3v) is 5.07. The topological polar surface area (TPSA) is 77.1 Å². The lowest BCUT2D eigenvalue weighted by molar-refractivity contribution is -0.128. The molecule has 1 N–H and O–H groups in total. The summed E-state index contributed by atoms with van der Waals surface area (Å²) < 4.78 is 15.6. The molecule has 0 radical (unpaired) electrons. The number of benzene rings is 2. The number of ether oxygens (including phenoxy) is 3. The van der Waals surface area contributed by atoms with Crippen LogP contribution in [0, 0.1) is 5.92 Å². The van der Waals surface area contributed by atoms with Crippen LogP contribution in [0.3, 0.4) is 0 Å². The maximum Gasteiger partial charge on any atom is 0.229 e. The summed E-state index contributed by atoms with van der Waals surface area (Å²) in [5.74, 6) is 1.40. The van der Waals surface area contributed by atoms with E-state index in [0.717, 1.165) is 17.7 Å². The van der Waals surface area contributed by atoms with Crippen molar-refractivity contribution in [2.45, 2.75) is 12.8 Å². The third kappa shape index (κ3) is 4.99. The second kappa shape index (κ2) is 9.32. The summed E-state index contributed by atoms with van der Waals surface area (Å²) in [4.78, 5) is 26.7. The smallest absolute Gasteiger partial charge is 0.229 e. The van der Waals surface area contributed by atoms with Crippen molar-refractivity contribution >= 4 is 17.5 Å². The molecule has 3 rings (SSSR count). The van der Waals surface area contributed by atoms with E-state index in [1.54, 1.807) is 44.4 Å². The van der Waals surface area contributed by atoms with Crippen LogP contribution in [0.2, 0.25) is 0 Å². The molecule has 1 atom stereocenters. The van der Waals surface area contributed by atoms with Gasteiger partial charge in [0.05, 0.1) is 27.2 Å². The highest BCUT2D eigenvalue weighted by Gasteiger charge is 2.34. The summed E-state index contributed by atoms with van der Waals surface area (Å²) in [7, 11) is 4.73. The molecule has 154 valence electrons. The highest BCUT2D eigenvalue weighted by Crippen LogP contribution is 2.30. The fourth-order valence-corrected chi connectivity index (χ4v) is 3.38. The first-order chi connectivity index (χ1) is 14.0. The number of hydrogen-bond acceptors (Lipinski definition) is 5. The molecule has 7 nitrogen and oxygen atoms in total. The van der Waals surface area contributed by atoms with Gasteiger partial charge in [-0.3, -0.25) is 9.59 Å². The Morgan fingerprint density at radius 3 is 2.41 bits per heavy atom. The number of nitrogens with one attached hydrogen (secondary N) is 1. The Kier molecular flexibility index (Phi) is 6.59. The molecule has 2 aromatic rings. The van der Waals surface area contributed by atoms with Gasteiger partial charge in [0.2, 0.25) is 11.8 Å². The number of nitrogens with zero attached hydrogens (tertiary/aromatic N) is 1. The molecule has 0 saturated carbocycles. The highest BCUT2D eigenvalue weighted by atomic mass is 16.5. The lowest BCUT2D eigenvalue weighted by Gasteiger charge is -2.17. The van der Waals surface area contributed by atoms with E-state index in [1.807, 2.05) is 24.3 Å². The molecule has 1 fully saturated rings. The lowest BCUT2D eigenvalue weighted by Crippen LogP contribution is -2.30. The van der Waals surface area contributed by atoms with Crippen molar-refractivity contribution in [3.05, 3.63) is 48.0 Å². The van der Waals surface area contributed by atoms with Gasteiger partial charge in [0.25, 0.3) is 0 Å². The van der Waals surface area contributed by atoms with Gasteiger partial charge in [-0.25, -0.2) is 0 Å². The first kappa shape index (κ1) is 20.5. The Morgan fingerprint density at radius 1 is 1.03 bits per heavy atom. The average molecular weight is 398 g/mol. The minimum Gasteiger partial charge on any atom is -0.497 e. The minimum absolute atomic E-state index is 0.00553. The number of amides is 2. The van der Waals surface area contributed by atoms with E-state index in [9.17, 15) is 9.59 Å². The van der Waals surface area contributed by atoms with Gasteiger partial charge >= 0.3 is 0 Å². The molecular formula is C22H26N2O5. The van der Waals surface area contributed by atoms with Gasteiger partial charge < -0.3 is 24.4 Å². The van der Waals surface area contributed by atoms with Crippen LogP contribution in [-0.4, -0.2) is 51.1 Å². The van der Waals surface area contributed by atoms with Crippen molar-refractivity contribution in [2.75, 3.05) is 39.7 Å². The van der Waals surface area contributed by atoms with E-state index in [4.69, 9.17) is 14.2 Å². The normalized spacial score (nSPS) is 15.9. The van der Waals surface area contributed by atoms with Crippen molar-refractivity contribution < 1.29 is 23.8 Å². The Bertz CT molecular complexity index is 866. The summed E-state index contributed by atoms with van der Waals surface area (Å²) in [6.07, 6.45) is 0.960. The van der Waals surface area contributed by atoms with Crippen LogP contribution in [-0.2, 0) is 16.0 Å². The fourth-order valence-electron chi connectivity index (χ4n) is 3.38. The number of carbonyl (C=O) groups excluding carboxylic acids is 2. The zero-order chi connectivity index (χ0) is 20.8. The number of hydrogen-bond donors (Lipinski definition) is 1. The first-order valence-electron chi connectivity index (χ1n) is 9.47. The molecule has 2 aromatic carbocycles. The van der Waals surface area contributed by atoms with Crippen LogP contribution in [0.4, 0.5) is 5.69 Å². The predicted octanol–water partition coefficient (Wildman–Crippen LogP) is 2.74. The molecule has 7 heteroatoms. The van der Waals surface area contributed by atoms with Crippen LogP contribution < -0.4 is 19.5 Å². The van der Waals surface area contributed by atoms with Crippen molar-refractivity contribution in [1.82, 2.24) is 4.90 Å². The molecule has 1 saturated heterocycles. The monoisotopic (exact) mass is 398 g/mol. The molecule has 0 spiro atoms. The maximum absolute atomic E-state index is 12.6. The van der Waals surface area contributed by atoms with Gasteiger partial charge in [0.15, 0.2) is 11.5 Å². The van der Waals surface area contributed by atoms with E-state index in [-0.39, 0.29) is 24.2 Å². The Balaban J connectivity index is 1.55. The van der Waals surface area contributed by atoms with Gasteiger partial charge in [-0.2, -0.15) is 0 Å². The van der Waals surface area contributed by atoms with Crippen LogP contribution in [0.25, 0.3) is 0 Å². The van der Waals surface area contributed by atoms with Gasteiger partial charge in [0.1, 0.15) is 5.75 Å². The summed E-state index contributed by atoms with van der Waals surface area (Å²) in [5, 5.41) is 2.87. The Labute approximate surface area is 170 Å². The third-order valence-electron chi connectivity index (χ3n) is 5.07. The molecule has 1 aliphatic rings. The first-order valence-corrected chi connectivity index (χ1v) is 9.47. The largest absolute Gasteiger partial charge is 0.497 e. The van der Waals surface area contributed by atoms with Crippen LogP contribution in [0.5, 0.6) is 17.2 Å². The lowest BCUT2D eigenvalue weighted by atomic mass is 10.1. The Morgan fingerprint density at radius 2 is 1.76 bits per heavy atom. The molecule has 1 heterocycles. The van der Waals surface area contributed by atoms with E-state index in [2.05, 4.69) is 5.32 Å². The molecule has 0 aromatic heterocycles. The molecule has 0 bridgehead atoms. The number of anilines is 1. The maximum atomic E-state index is 12.6. The van der Waals surface area contributed by atoms with Crippen LogP contribution in [0.1, 0.15) is 12.0 Å². The predicted molar refractivity (Wildman–Crippen MR) is 110 cm³/mol. The van der Waals surface area contributed by atoms with Crippen molar-refractivity contribution in [3.8, 4) is 17.2 Å². The molecule has 29 heavy (non-hydrogen) atoms. The minimum atomic E-state index is -0.369. The fraction of sp³-hybridized carbons (Fsp3) is 0.364. The van der Waals surface area contributed by atoms with E-state index < -0.39 is 0 Å². The summed E-state index contributed by atoms with van der Waals surface area (Å²) in [6.45, 7) is 1.01. The second-order valence-electron chi connectivity index (χ2n) is 6.90. The number of carbonyl (C=O) groups is 2. The second-order valence-corrected chi connectivity index (χ2v) is 6.90. The molecule has 1 unspecified atom stereocenters. The molecule has 2 amide bonds. The van der Waals surface area contributed by atoms with E-state index in [0.29, 0.717) is 30.3 Å². The van der Waals surface area contributed by atoms with Gasteiger partial charge in [0, 0.05) is 31.3 Å². The zero-order valence-electron chi connectivity index (χ0n) is 16.9. The average Bonchev–Trinajstić information content (AvgIpc) is 3.13. The van der Waals surface area contributed by atoms with Crippen LogP contribution >= 0.6 is 0 Å². The SMILES string of the molecule is COc1ccc(CCN2CC(C(=O)Nc3ccc(OC)c(OC)c3)CC2=O)cc1. The molecule has 1 aliphatic heterocycles. The summed E-state index contributed by atoms with van der Waals surface area (Å²) >= 11 is 0. The zero-order valence-corrected chi connectivity index (χ0v) is 16.9. The van der Waals surface area contributed by atoms with E-state index >= 15 is 0 Å². The van der Waals surface area contributed by atoms with Crippen molar-refractivity contribution in [2.24, 2.45) is 5.92 Å². The van der Waals surface area contributed by atoms with Crippen molar-refractivity contribution in [1.29, 1.82) is 0 Å². The standard InChI is InChI=1S/C22H26N2O5/c1-27-18-7-4-15(5-8-18)10-11-24-14-16(12-21(24)25)22(26)23-17-6-9-19(28-2)20(13-17)29-3/h4-9,13,16H,10-12,14H2,1-3H3,(H,23,26). The van der Waals surface area contributed by atoms with Gasteiger partial charge in [-0.1, -0.05) is 12.1 Å². The van der Waals surface area contributed by atoms with Gasteiger partial charge in [-0.15, -0.1) is 0 Å². The molecular weight excluding hydrogens is 372 g/mol. The number of rotatable bonds is 8. The number of likely N-dealkylation sites (tertiary alicyclic amines) is 1. The van der Waals surface area contributed by atoms with Crippen molar-refractivity contribution in [3.63, 3.8) is 0 Å². The molecule has 0 aliphatic carbocycles. The van der Waals surface area contributed by atoms with Crippen LogP contribution in [0.15, 0.2) is 42.5 Å². The summed E-state index contributed by atoms with van der Waals surface area (Å²) in [5.41, 5.74) is 1.73. The van der Waals surface area contributed by atoms with Gasteiger partial charge in [-0.05, 0) is 36.2 Å². The summed E-state index contributed by atoms with van der Waals surface area (Å²) in [6, 6.07) is 13.0. The number of methoxy groups -OCH3 is 3. The quantitative estimate of drug-likeness (QED) is 0.740.